The number of fused-ring (bicyclic) bond motifs is 7. The highest BCUT2D eigenvalue weighted by Gasteiger charge is 2.11. The zero-order valence-electron chi connectivity index (χ0n) is 18.3. The quantitative estimate of drug-likeness (QED) is 0.550. The van der Waals surface area contributed by atoms with Gasteiger partial charge in [0.1, 0.15) is 5.75 Å². The minimum absolute atomic E-state index is 0.0166. The molecule has 1 aliphatic rings. The number of hydrogen-bond acceptors (Lipinski definition) is 6. The van der Waals surface area contributed by atoms with Gasteiger partial charge in [0.25, 0.3) is 0 Å². The number of allylic oxidation sites excluding steroid dienone is 1. The summed E-state index contributed by atoms with van der Waals surface area (Å²) in [6.45, 7) is 1.50. The maximum absolute atomic E-state index is 12.3. The molecule has 1 amide bonds. The first-order valence-electron chi connectivity index (χ1n) is 10.6. The Kier molecular flexibility index (Phi) is 6.77. The summed E-state index contributed by atoms with van der Waals surface area (Å²) in [4.78, 5) is 23.5. The highest BCUT2D eigenvalue weighted by molar-refractivity contribution is 5.91. The number of likely N-dealkylation sites (N-methyl/N-ethyl adjacent to an activating group) is 1. The zero-order chi connectivity index (χ0) is 22.3. The van der Waals surface area contributed by atoms with Gasteiger partial charge in [-0.05, 0) is 55.9 Å². The van der Waals surface area contributed by atoms with Gasteiger partial charge >= 0.3 is 0 Å². The molecule has 2 N–H and O–H groups in total. The van der Waals surface area contributed by atoms with Gasteiger partial charge in [-0.3, -0.25) is 9.69 Å². The van der Waals surface area contributed by atoms with E-state index in [2.05, 4.69) is 45.8 Å². The molecule has 2 heterocycles. The molecular weight excluding hydrogens is 402 g/mol. The smallest absolute Gasteiger partial charge is 0.227 e. The predicted octanol–water partition coefficient (Wildman–Crippen LogP) is 4.62. The third kappa shape index (κ3) is 5.50. The van der Waals surface area contributed by atoms with Crippen LogP contribution in [-0.2, 0) is 11.3 Å². The number of hydrogen-bond donors (Lipinski definition) is 2. The molecule has 4 rings (SSSR count). The van der Waals surface area contributed by atoms with E-state index >= 15 is 0 Å². The molecule has 0 spiro atoms. The standard InChI is InChI=1S/C25H27N5O2/c1-30-14-5-3-4-9-24(31)27-20-7-6-8-21(16-20)28-25-26-13-12-22(29-25)18-10-11-23(32-2)19(15-18)17-30/h3,5-8,10-13,15-16H,4,9,14,17H2,1-2H3,(H,27,31)(H,26,28,29)/b5-3+. The van der Waals surface area contributed by atoms with Gasteiger partial charge in [0, 0.05) is 48.2 Å². The summed E-state index contributed by atoms with van der Waals surface area (Å²) in [5, 5.41) is 6.18. The van der Waals surface area contributed by atoms with Gasteiger partial charge in [0.2, 0.25) is 11.9 Å². The van der Waals surface area contributed by atoms with Crippen molar-refractivity contribution in [1.29, 1.82) is 0 Å². The summed E-state index contributed by atoms with van der Waals surface area (Å²) in [5.41, 5.74) is 4.43. The van der Waals surface area contributed by atoms with E-state index in [0.717, 1.165) is 47.0 Å². The summed E-state index contributed by atoms with van der Waals surface area (Å²) < 4.78 is 5.58. The molecule has 1 aliphatic heterocycles. The first-order chi connectivity index (χ1) is 15.6. The van der Waals surface area contributed by atoms with E-state index in [1.165, 1.54) is 0 Å². The van der Waals surface area contributed by atoms with Crippen LogP contribution < -0.4 is 15.4 Å². The van der Waals surface area contributed by atoms with Gasteiger partial charge in [-0.2, -0.15) is 0 Å². The van der Waals surface area contributed by atoms with Crippen LogP contribution in [-0.4, -0.2) is 41.5 Å². The number of carbonyl (C=O) groups is 1. The van der Waals surface area contributed by atoms with Gasteiger partial charge in [0.15, 0.2) is 0 Å². The fourth-order valence-electron chi connectivity index (χ4n) is 3.61. The minimum atomic E-state index is -0.0166. The van der Waals surface area contributed by atoms with Crippen LogP contribution in [0, 0.1) is 0 Å². The van der Waals surface area contributed by atoms with E-state index in [9.17, 15) is 4.79 Å². The number of carbonyl (C=O) groups excluding carboxylic acids is 1. The average Bonchev–Trinajstić information content (AvgIpc) is 2.78. The second-order valence-corrected chi connectivity index (χ2v) is 7.75. The van der Waals surface area contributed by atoms with E-state index in [4.69, 9.17) is 9.72 Å². The van der Waals surface area contributed by atoms with Gasteiger partial charge in [-0.25, -0.2) is 9.97 Å². The monoisotopic (exact) mass is 429 g/mol. The Balaban J connectivity index is 1.70. The average molecular weight is 430 g/mol. The summed E-state index contributed by atoms with van der Waals surface area (Å²) in [6.07, 6.45) is 7.00. The number of nitrogens with zero attached hydrogens (tertiary/aromatic N) is 3. The lowest BCUT2D eigenvalue weighted by atomic mass is 10.1. The van der Waals surface area contributed by atoms with Crippen LogP contribution in [0.15, 0.2) is 66.9 Å². The molecule has 3 aromatic rings. The summed E-state index contributed by atoms with van der Waals surface area (Å²) >= 11 is 0. The van der Waals surface area contributed by atoms with E-state index in [1.54, 1.807) is 13.3 Å². The van der Waals surface area contributed by atoms with Crippen LogP contribution in [0.2, 0.25) is 0 Å². The topological polar surface area (TPSA) is 79.4 Å². The van der Waals surface area contributed by atoms with Crippen LogP contribution in [0.1, 0.15) is 18.4 Å². The van der Waals surface area contributed by atoms with Crippen LogP contribution in [0.25, 0.3) is 11.3 Å². The molecule has 164 valence electrons. The lowest BCUT2D eigenvalue weighted by molar-refractivity contribution is -0.116. The maximum Gasteiger partial charge on any atom is 0.227 e. The lowest BCUT2D eigenvalue weighted by Gasteiger charge is -2.18. The van der Waals surface area contributed by atoms with Gasteiger partial charge in [-0.15, -0.1) is 0 Å². The van der Waals surface area contributed by atoms with Crippen molar-refractivity contribution >= 4 is 23.2 Å². The van der Waals surface area contributed by atoms with Crippen molar-refractivity contribution in [2.45, 2.75) is 19.4 Å². The van der Waals surface area contributed by atoms with Crippen molar-refractivity contribution in [2.24, 2.45) is 0 Å². The van der Waals surface area contributed by atoms with Gasteiger partial charge in [0.05, 0.1) is 12.8 Å². The number of amides is 1. The molecule has 6 bridgehead atoms. The van der Waals surface area contributed by atoms with Crippen molar-refractivity contribution in [3.63, 3.8) is 0 Å². The fourth-order valence-corrected chi connectivity index (χ4v) is 3.61. The Morgan fingerprint density at radius 1 is 1.03 bits per heavy atom. The molecular formula is C25H27N5O2. The van der Waals surface area contributed by atoms with E-state index in [-0.39, 0.29) is 5.91 Å². The second kappa shape index (κ2) is 10.1. The van der Waals surface area contributed by atoms with Gasteiger partial charge < -0.3 is 15.4 Å². The molecule has 7 nitrogen and oxygen atoms in total. The molecule has 1 aromatic heterocycles. The zero-order valence-corrected chi connectivity index (χ0v) is 18.3. The third-order valence-corrected chi connectivity index (χ3v) is 5.20. The Morgan fingerprint density at radius 2 is 1.88 bits per heavy atom. The predicted molar refractivity (Wildman–Crippen MR) is 127 cm³/mol. The molecule has 2 aromatic carbocycles. The van der Waals surface area contributed by atoms with Crippen molar-refractivity contribution in [2.75, 3.05) is 31.3 Å². The van der Waals surface area contributed by atoms with Crippen molar-refractivity contribution in [3.8, 4) is 17.0 Å². The molecule has 7 heteroatoms. The van der Waals surface area contributed by atoms with E-state index in [0.29, 0.717) is 18.8 Å². The lowest BCUT2D eigenvalue weighted by Crippen LogP contribution is -2.18. The van der Waals surface area contributed by atoms with Crippen molar-refractivity contribution in [1.82, 2.24) is 14.9 Å². The molecule has 0 aliphatic carbocycles. The highest BCUT2D eigenvalue weighted by atomic mass is 16.5. The van der Waals surface area contributed by atoms with E-state index < -0.39 is 0 Å². The third-order valence-electron chi connectivity index (χ3n) is 5.20. The maximum atomic E-state index is 12.3. The number of anilines is 3. The number of nitrogens with one attached hydrogen (secondary N) is 2. The van der Waals surface area contributed by atoms with Crippen LogP contribution >= 0.6 is 0 Å². The SMILES string of the molecule is COc1ccc2cc1CN(C)C/C=C/CCC(=O)Nc1cccc(c1)Nc1nccc-2n1. The number of ether oxygens (including phenoxy) is 1. The first-order valence-corrected chi connectivity index (χ1v) is 10.6. The Morgan fingerprint density at radius 3 is 2.72 bits per heavy atom. The molecule has 0 fully saturated rings. The summed E-state index contributed by atoms with van der Waals surface area (Å²) in [7, 11) is 3.75. The summed E-state index contributed by atoms with van der Waals surface area (Å²) in [6, 6.07) is 15.5. The fraction of sp³-hybridized carbons (Fsp3) is 0.240. The minimum Gasteiger partial charge on any atom is -0.496 e. The Hall–Kier alpha value is -3.71. The first kappa shape index (κ1) is 21.5. The highest BCUT2D eigenvalue weighted by Crippen LogP contribution is 2.27. The number of aromatic nitrogens is 2. The normalized spacial score (nSPS) is 16.0. The Labute approximate surface area is 188 Å². The van der Waals surface area contributed by atoms with Gasteiger partial charge in [-0.1, -0.05) is 18.2 Å². The molecule has 0 atom stereocenters. The number of methoxy groups -OCH3 is 1. The second-order valence-electron chi connectivity index (χ2n) is 7.75. The molecule has 32 heavy (non-hydrogen) atoms. The molecule has 0 saturated heterocycles. The van der Waals surface area contributed by atoms with Crippen molar-refractivity contribution in [3.05, 3.63) is 72.4 Å². The molecule has 0 unspecified atom stereocenters. The number of rotatable bonds is 1. The van der Waals surface area contributed by atoms with Crippen LogP contribution in [0.3, 0.4) is 0 Å². The molecule has 0 radical (unpaired) electrons. The van der Waals surface area contributed by atoms with Crippen LogP contribution in [0.5, 0.6) is 5.75 Å². The Bertz CT molecular complexity index is 1130. The summed E-state index contributed by atoms with van der Waals surface area (Å²) in [5.74, 6) is 1.32. The number of benzene rings is 2. The van der Waals surface area contributed by atoms with Crippen LogP contribution in [0.4, 0.5) is 17.3 Å². The van der Waals surface area contributed by atoms with E-state index in [1.807, 2.05) is 42.5 Å². The molecule has 0 saturated carbocycles. The largest absolute Gasteiger partial charge is 0.496 e. The van der Waals surface area contributed by atoms with Crippen molar-refractivity contribution < 1.29 is 9.53 Å².